The van der Waals surface area contributed by atoms with Gasteiger partial charge in [0.1, 0.15) is 5.15 Å². The Bertz CT molecular complexity index is 524. The third-order valence-corrected chi connectivity index (χ3v) is 4.11. The van der Waals surface area contributed by atoms with Gasteiger partial charge in [-0.25, -0.2) is 9.78 Å². The lowest BCUT2D eigenvalue weighted by Gasteiger charge is -2.22. The van der Waals surface area contributed by atoms with Gasteiger partial charge in [-0.2, -0.15) is 0 Å². The summed E-state index contributed by atoms with van der Waals surface area (Å²) >= 11 is 6.22. The molecule has 96 valence electrons. The van der Waals surface area contributed by atoms with Crippen LogP contribution >= 0.6 is 11.6 Å². The Hall–Kier alpha value is -1.13. The number of nitrogens with zero attached hydrogens (tertiary/aromatic N) is 2. The number of esters is 1. The van der Waals surface area contributed by atoms with Gasteiger partial charge in [-0.3, -0.25) is 4.90 Å². The van der Waals surface area contributed by atoms with Crippen LogP contribution in [0.15, 0.2) is 0 Å². The molecule has 1 aromatic heterocycles. The normalized spacial score (nSPS) is 23.3. The van der Waals surface area contributed by atoms with Crippen molar-refractivity contribution in [2.24, 2.45) is 0 Å². The molecule has 1 saturated heterocycles. The van der Waals surface area contributed by atoms with E-state index in [2.05, 4.69) is 9.88 Å². The number of ether oxygens (including phenoxy) is 1. The molecule has 0 saturated carbocycles. The number of cyclic esters (lactones) is 1. The van der Waals surface area contributed by atoms with Crippen LogP contribution in [0.1, 0.15) is 46.2 Å². The Morgan fingerprint density at radius 3 is 2.67 bits per heavy atom. The molecular formula is C13H15ClN2O2. The number of rotatable bonds is 1. The number of halogens is 1. The molecule has 4 nitrogen and oxygen atoms in total. The summed E-state index contributed by atoms with van der Waals surface area (Å²) in [5, 5.41) is 0.399. The van der Waals surface area contributed by atoms with E-state index in [4.69, 9.17) is 16.3 Å². The third-order valence-electron chi connectivity index (χ3n) is 3.82. The van der Waals surface area contributed by atoms with Crippen LogP contribution in [0.3, 0.4) is 0 Å². The Kier molecular flexibility index (Phi) is 2.79. The first-order chi connectivity index (χ1) is 8.59. The molecule has 0 aliphatic carbocycles. The first kappa shape index (κ1) is 11.9. The summed E-state index contributed by atoms with van der Waals surface area (Å²) in [6.45, 7) is 5.64. The Balaban J connectivity index is 2.12. The van der Waals surface area contributed by atoms with Crippen LogP contribution in [0, 0.1) is 13.8 Å². The van der Waals surface area contributed by atoms with E-state index < -0.39 is 0 Å². The molecule has 0 radical (unpaired) electrons. The second-order valence-corrected chi connectivity index (χ2v) is 5.26. The topological polar surface area (TPSA) is 42.4 Å². The quantitative estimate of drug-likeness (QED) is 0.579. The average molecular weight is 267 g/mol. The van der Waals surface area contributed by atoms with Crippen LogP contribution in [0.25, 0.3) is 0 Å². The predicted octanol–water partition coefficient (Wildman–Crippen LogP) is 2.62. The van der Waals surface area contributed by atoms with Crippen molar-refractivity contribution in [2.75, 3.05) is 13.1 Å². The maximum atomic E-state index is 12.0. The van der Waals surface area contributed by atoms with E-state index in [0.717, 1.165) is 42.8 Å². The Morgan fingerprint density at radius 1 is 1.33 bits per heavy atom. The fourth-order valence-corrected chi connectivity index (χ4v) is 3.03. The van der Waals surface area contributed by atoms with E-state index >= 15 is 0 Å². The number of fused-ring (bicyclic) bond motifs is 1. The van der Waals surface area contributed by atoms with Gasteiger partial charge in [-0.05, 0) is 32.3 Å². The molecule has 0 amide bonds. The summed E-state index contributed by atoms with van der Waals surface area (Å²) in [5.41, 5.74) is 3.04. The number of likely N-dealkylation sites (tertiary alicyclic amines) is 1. The Morgan fingerprint density at radius 2 is 2.00 bits per heavy atom. The van der Waals surface area contributed by atoms with E-state index in [1.54, 1.807) is 0 Å². The fourth-order valence-electron chi connectivity index (χ4n) is 2.72. The SMILES string of the molecule is Cc1nc(Cl)c2c(c1C)C(=O)OC2N1CCCC1. The highest BCUT2D eigenvalue weighted by Gasteiger charge is 2.40. The summed E-state index contributed by atoms with van der Waals surface area (Å²) in [5.74, 6) is -0.271. The standard InChI is InChI=1S/C13H15ClN2O2/c1-7-8(2)15-11(14)10-9(7)13(17)18-12(10)16-5-3-4-6-16/h12H,3-6H2,1-2H3. The lowest BCUT2D eigenvalue weighted by molar-refractivity contribution is -0.0136. The highest BCUT2D eigenvalue weighted by molar-refractivity contribution is 6.31. The monoisotopic (exact) mass is 266 g/mol. The van der Waals surface area contributed by atoms with Crippen molar-refractivity contribution in [3.05, 3.63) is 27.5 Å². The van der Waals surface area contributed by atoms with E-state index in [1.807, 2.05) is 13.8 Å². The lowest BCUT2D eigenvalue weighted by Crippen LogP contribution is -2.25. The molecule has 1 fully saturated rings. The van der Waals surface area contributed by atoms with Crippen LogP contribution in [0.2, 0.25) is 5.15 Å². The molecule has 1 atom stereocenters. The molecule has 0 spiro atoms. The van der Waals surface area contributed by atoms with Crippen molar-refractivity contribution in [1.29, 1.82) is 0 Å². The number of aromatic nitrogens is 1. The van der Waals surface area contributed by atoms with Gasteiger partial charge in [0.25, 0.3) is 0 Å². The summed E-state index contributed by atoms with van der Waals surface area (Å²) in [6, 6.07) is 0. The van der Waals surface area contributed by atoms with Gasteiger partial charge in [-0.1, -0.05) is 11.6 Å². The molecule has 5 heteroatoms. The molecule has 3 heterocycles. The van der Waals surface area contributed by atoms with E-state index in [1.165, 1.54) is 0 Å². The number of aryl methyl sites for hydroxylation is 1. The van der Waals surface area contributed by atoms with E-state index in [-0.39, 0.29) is 12.2 Å². The molecule has 1 aromatic rings. The highest BCUT2D eigenvalue weighted by Crippen LogP contribution is 2.40. The van der Waals surface area contributed by atoms with Gasteiger partial charge < -0.3 is 4.74 Å². The Labute approximate surface area is 111 Å². The lowest BCUT2D eigenvalue weighted by atomic mass is 10.0. The maximum Gasteiger partial charge on any atom is 0.340 e. The zero-order valence-corrected chi connectivity index (χ0v) is 11.3. The van der Waals surface area contributed by atoms with Crippen LogP contribution in [-0.4, -0.2) is 28.9 Å². The number of carbonyl (C=O) groups is 1. The first-order valence-corrected chi connectivity index (χ1v) is 6.59. The van der Waals surface area contributed by atoms with E-state index in [0.29, 0.717) is 10.7 Å². The largest absolute Gasteiger partial charge is 0.438 e. The van der Waals surface area contributed by atoms with Crippen LogP contribution in [0.4, 0.5) is 0 Å². The molecule has 1 unspecified atom stereocenters. The second kappa shape index (κ2) is 4.21. The molecule has 2 aliphatic heterocycles. The fraction of sp³-hybridized carbons (Fsp3) is 0.538. The van der Waals surface area contributed by atoms with Gasteiger partial charge >= 0.3 is 5.97 Å². The minimum Gasteiger partial charge on any atom is -0.438 e. The van der Waals surface area contributed by atoms with Crippen LogP contribution < -0.4 is 0 Å². The summed E-state index contributed by atoms with van der Waals surface area (Å²) < 4.78 is 5.49. The molecule has 0 N–H and O–H groups in total. The van der Waals surface area contributed by atoms with Crippen molar-refractivity contribution in [1.82, 2.24) is 9.88 Å². The average Bonchev–Trinajstić information content (AvgIpc) is 2.93. The minimum absolute atomic E-state index is 0.271. The number of carbonyl (C=O) groups excluding carboxylic acids is 1. The molecular weight excluding hydrogens is 252 g/mol. The van der Waals surface area contributed by atoms with Crippen molar-refractivity contribution in [3.8, 4) is 0 Å². The van der Waals surface area contributed by atoms with Gasteiger partial charge in [0.15, 0.2) is 6.23 Å². The second-order valence-electron chi connectivity index (χ2n) is 4.90. The van der Waals surface area contributed by atoms with Crippen molar-refractivity contribution in [2.45, 2.75) is 32.9 Å². The molecule has 3 rings (SSSR count). The maximum absolute atomic E-state index is 12.0. The molecule has 0 bridgehead atoms. The van der Waals surface area contributed by atoms with Gasteiger partial charge in [0, 0.05) is 18.8 Å². The van der Waals surface area contributed by atoms with Gasteiger partial charge in [0.05, 0.1) is 11.1 Å². The van der Waals surface area contributed by atoms with Crippen LogP contribution in [-0.2, 0) is 4.74 Å². The van der Waals surface area contributed by atoms with Crippen LogP contribution in [0.5, 0.6) is 0 Å². The smallest absolute Gasteiger partial charge is 0.340 e. The third kappa shape index (κ3) is 1.63. The van der Waals surface area contributed by atoms with Crippen molar-refractivity contribution in [3.63, 3.8) is 0 Å². The van der Waals surface area contributed by atoms with Gasteiger partial charge in [0.2, 0.25) is 0 Å². The minimum atomic E-state index is -0.339. The summed E-state index contributed by atoms with van der Waals surface area (Å²) in [4.78, 5) is 18.5. The molecule has 0 aromatic carbocycles. The summed E-state index contributed by atoms with van der Waals surface area (Å²) in [6.07, 6.45) is 1.94. The number of hydrogen-bond acceptors (Lipinski definition) is 4. The predicted molar refractivity (Wildman–Crippen MR) is 67.7 cm³/mol. The molecule has 18 heavy (non-hydrogen) atoms. The number of hydrogen-bond donors (Lipinski definition) is 0. The number of pyridine rings is 1. The zero-order chi connectivity index (χ0) is 12.9. The van der Waals surface area contributed by atoms with Crippen molar-refractivity contribution < 1.29 is 9.53 Å². The molecule has 2 aliphatic rings. The van der Waals surface area contributed by atoms with Gasteiger partial charge in [-0.15, -0.1) is 0 Å². The van der Waals surface area contributed by atoms with Crippen molar-refractivity contribution >= 4 is 17.6 Å². The van der Waals surface area contributed by atoms with E-state index in [9.17, 15) is 4.79 Å². The zero-order valence-electron chi connectivity index (χ0n) is 10.5. The highest BCUT2D eigenvalue weighted by atomic mass is 35.5. The first-order valence-electron chi connectivity index (χ1n) is 6.21. The summed E-state index contributed by atoms with van der Waals surface area (Å²) in [7, 11) is 0.